The fourth-order valence-electron chi connectivity index (χ4n) is 1.70. The molecule has 2 rings (SSSR count). The van der Waals surface area contributed by atoms with E-state index in [1.165, 1.54) is 12.8 Å². The summed E-state index contributed by atoms with van der Waals surface area (Å²) in [5.41, 5.74) is 1.56. The van der Waals surface area contributed by atoms with E-state index in [1.54, 1.807) is 6.20 Å². The van der Waals surface area contributed by atoms with Gasteiger partial charge in [-0.1, -0.05) is 0 Å². The molecule has 0 atom stereocenters. The van der Waals surface area contributed by atoms with Crippen molar-refractivity contribution in [3.8, 4) is 0 Å². The Morgan fingerprint density at radius 2 is 2.40 bits per heavy atom. The van der Waals surface area contributed by atoms with E-state index >= 15 is 0 Å². The van der Waals surface area contributed by atoms with E-state index in [-0.39, 0.29) is 5.91 Å². The monoisotopic (exact) mass is 207 g/mol. The van der Waals surface area contributed by atoms with Gasteiger partial charge in [0, 0.05) is 18.8 Å². The molecule has 4 nitrogen and oxygen atoms in total. The van der Waals surface area contributed by atoms with Gasteiger partial charge < -0.3 is 4.90 Å². The summed E-state index contributed by atoms with van der Waals surface area (Å²) in [7, 11) is 0. The second kappa shape index (κ2) is 4.04. The first-order chi connectivity index (χ1) is 7.22. The third kappa shape index (κ3) is 2.19. The summed E-state index contributed by atoms with van der Waals surface area (Å²) in [6, 6.07) is 0. The van der Waals surface area contributed by atoms with Gasteiger partial charge in [-0.3, -0.25) is 9.89 Å². The first-order valence-electron chi connectivity index (χ1n) is 5.51. The first-order valence-corrected chi connectivity index (χ1v) is 5.51. The molecule has 1 aromatic rings. The average molecular weight is 207 g/mol. The summed E-state index contributed by atoms with van der Waals surface area (Å²) in [4.78, 5) is 14.0. The molecule has 0 spiro atoms. The van der Waals surface area contributed by atoms with E-state index in [0.717, 1.165) is 24.7 Å². The van der Waals surface area contributed by atoms with E-state index in [4.69, 9.17) is 0 Å². The number of rotatable bonds is 4. The van der Waals surface area contributed by atoms with Gasteiger partial charge in [0.15, 0.2) is 0 Å². The van der Waals surface area contributed by atoms with Gasteiger partial charge in [-0.25, -0.2) is 0 Å². The lowest BCUT2D eigenvalue weighted by Gasteiger charge is -2.20. The molecular formula is C11H17N3O. The van der Waals surface area contributed by atoms with Crippen LogP contribution in [0.2, 0.25) is 0 Å². The van der Waals surface area contributed by atoms with E-state index in [1.807, 2.05) is 18.7 Å². The highest BCUT2D eigenvalue weighted by Crippen LogP contribution is 2.30. The topological polar surface area (TPSA) is 49.0 Å². The van der Waals surface area contributed by atoms with Gasteiger partial charge >= 0.3 is 0 Å². The van der Waals surface area contributed by atoms with Gasteiger partial charge in [-0.05, 0) is 32.6 Å². The molecule has 0 aromatic carbocycles. The number of aromatic nitrogens is 2. The SMILES string of the molecule is CCN(CC1CC1)C(=O)c1cn[nH]c1C. The zero-order valence-corrected chi connectivity index (χ0v) is 9.29. The molecule has 1 saturated carbocycles. The van der Waals surface area contributed by atoms with Crippen molar-refractivity contribution in [1.29, 1.82) is 0 Å². The smallest absolute Gasteiger partial charge is 0.257 e. The minimum absolute atomic E-state index is 0.107. The summed E-state index contributed by atoms with van der Waals surface area (Å²) in [5, 5.41) is 6.68. The molecule has 1 aliphatic carbocycles. The molecule has 0 saturated heterocycles. The van der Waals surface area contributed by atoms with Crippen molar-refractivity contribution in [2.75, 3.05) is 13.1 Å². The lowest BCUT2D eigenvalue weighted by Crippen LogP contribution is -2.32. The molecule has 1 fully saturated rings. The molecule has 1 aliphatic rings. The van der Waals surface area contributed by atoms with Crippen molar-refractivity contribution < 1.29 is 4.79 Å². The predicted octanol–water partition coefficient (Wildman–Crippen LogP) is 1.59. The number of carbonyl (C=O) groups is 1. The Morgan fingerprint density at radius 3 is 2.87 bits per heavy atom. The lowest BCUT2D eigenvalue weighted by molar-refractivity contribution is 0.0756. The number of nitrogens with zero attached hydrogens (tertiary/aromatic N) is 2. The second-order valence-electron chi connectivity index (χ2n) is 4.20. The Morgan fingerprint density at radius 1 is 1.67 bits per heavy atom. The van der Waals surface area contributed by atoms with Crippen molar-refractivity contribution in [3.05, 3.63) is 17.5 Å². The molecule has 1 N–H and O–H groups in total. The molecule has 0 aliphatic heterocycles. The van der Waals surface area contributed by atoms with Gasteiger partial charge in [0.2, 0.25) is 0 Å². The van der Waals surface area contributed by atoms with Crippen LogP contribution in [-0.2, 0) is 0 Å². The minimum atomic E-state index is 0.107. The Hall–Kier alpha value is -1.32. The van der Waals surface area contributed by atoms with Crippen LogP contribution in [-0.4, -0.2) is 34.1 Å². The van der Waals surface area contributed by atoms with Crippen LogP contribution in [0.4, 0.5) is 0 Å². The second-order valence-corrected chi connectivity index (χ2v) is 4.20. The summed E-state index contributed by atoms with van der Waals surface area (Å²) in [6.45, 7) is 5.58. The maximum Gasteiger partial charge on any atom is 0.257 e. The Balaban J connectivity index is 2.07. The average Bonchev–Trinajstić information content (AvgIpc) is 2.95. The van der Waals surface area contributed by atoms with Crippen molar-refractivity contribution >= 4 is 5.91 Å². The number of aryl methyl sites for hydroxylation is 1. The zero-order valence-electron chi connectivity index (χ0n) is 9.29. The normalized spacial score (nSPS) is 15.3. The standard InChI is InChI=1S/C11H17N3O/c1-3-14(7-9-4-5-9)11(15)10-6-12-13-8(10)2/h6,9H,3-5,7H2,1-2H3,(H,12,13). The Kier molecular flexibility index (Phi) is 2.75. The summed E-state index contributed by atoms with van der Waals surface area (Å²) in [6.07, 6.45) is 4.16. The van der Waals surface area contributed by atoms with Gasteiger partial charge in [-0.15, -0.1) is 0 Å². The molecule has 4 heteroatoms. The predicted molar refractivity (Wildman–Crippen MR) is 57.6 cm³/mol. The molecule has 1 heterocycles. The third-order valence-electron chi connectivity index (χ3n) is 2.90. The van der Waals surface area contributed by atoms with Gasteiger partial charge in [-0.2, -0.15) is 5.10 Å². The van der Waals surface area contributed by atoms with Gasteiger partial charge in [0.05, 0.1) is 11.8 Å². The first kappa shape index (κ1) is 10.2. The molecule has 1 amide bonds. The van der Waals surface area contributed by atoms with Crippen molar-refractivity contribution in [1.82, 2.24) is 15.1 Å². The van der Waals surface area contributed by atoms with E-state index in [0.29, 0.717) is 5.56 Å². The highest BCUT2D eigenvalue weighted by Gasteiger charge is 2.27. The third-order valence-corrected chi connectivity index (χ3v) is 2.90. The lowest BCUT2D eigenvalue weighted by atomic mass is 10.2. The number of aromatic amines is 1. The van der Waals surface area contributed by atoms with Crippen LogP contribution in [0.15, 0.2) is 6.20 Å². The highest BCUT2D eigenvalue weighted by atomic mass is 16.2. The minimum Gasteiger partial charge on any atom is -0.339 e. The number of nitrogens with one attached hydrogen (secondary N) is 1. The highest BCUT2D eigenvalue weighted by molar-refractivity contribution is 5.95. The number of hydrogen-bond donors (Lipinski definition) is 1. The van der Waals surface area contributed by atoms with Crippen LogP contribution in [0, 0.1) is 12.8 Å². The van der Waals surface area contributed by atoms with Crippen molar-refractivity contribution in [2.24, 2.45) is 5.92 Å². The van der Waals surface area contributed by atoms with Crippen LogP contribution < -0.4 is 0 Å². The van der Waals surface area contributed by atoms with Crippen LogP contribution in [0.3, 0.4) is 0 Å². The number of carbonyl (C=O) groups excluding carboxylic acids is 1. The van der Waals surface area contributed by atoms with Crippen molar-refractivity contribution in [3.63, 3.8) is 0 Å². The quantitative estimate of drug-likeness (QED) is 0.815. The number of hydrogen-bond acceptors (Lipinski definition) is 2. The van der Waals surface area contributed by atoms with Crippen LogP contribution in [0.5, 0.6) is 0 Å². The molecule has 0 bridgehead atoms. The fourth-order valence-corrected chi connectivity index (χ4v) is 1.70. The molecule has 0 unspecified atom stereocenters. The summed E-state index contributed by atoms with van der Waals surface area (Å²) in [5.74, 6) is 0.844. The summed E-state index contributed by atoms with van der Waals surface area (Å²) < 4.78 is 0. The van der Waals surface area contributed by atoms with Crippen molar-refractivity contribution in [2.45, 2.75) is 26.7 Å². The maximum absolute atomic E-state index is 12.1. The summed E-state index contributed by atoms with van der Waals surface area (Å²) >= 11 is 0. The molecule has 82 valence electrons. The van der Waals surface area contributed by atoms with Gasteiger partial charge in [0.25, 0.3) is 5.91 Å². The molecule has 15 heavy (non-hydrogen) atoms. The number of amides is 1. The molecule has 1 aromatic heterocycles. The van der Waals surface area contributed by atoms with E-state index in [2.05, 4.69) is 10.2 Å². The Labute approximate surface area is 89.7 Å². The fraction of sp³-hybridized carbons (Fsp3) is 0.636. The van der Waals surface area contributed by atoms with E-state index < -0.39 is 0 Å². The maximum atomic E-state index is 12.1. The van der Waals surface area contributed by atoms with Crippen LogP contribution >= 0.6 is 0 Å². The van der Waals surface area contributed by atoms with Gasteiger partial charge in [0.1, 0.15) is 0 Å². The zero-order chi connectivity index (χ0) is 10.8. The number of H-pyrrole nitrogens is 1. The van der Waals surface area contributed by atoms with Crippen LogP contribution in [0.25, 0.3) is 0 Å². The van der Waals surface area contributed by atoms with Crippen LogP contribution in [0.1, 0.15) is 35.8 Å². The Bertz CT molecular complexity index is 354. The van der Waals surface area contributed by atoms with E-state index in [9.17, 15) is 4.79 Å². The largest absolute Gasteiger partial charge is 0.339 e. The molecular weight excluding hydrogens is 190 g/mol. The molecule has 0 radical (unpaired) electrons.